The van der Waals surface area contributed by atoms with Gasteiger partial charge in [-0.25, -0.2) is 0 Å². The van der Waals surface area contributed by atoms with Gasteiger partial charge in [0.15, 0.2) is 5.78 Å². The van der Waals surface area contributed by atoms with Crippen molar-refractivity contribution in [1.82, 2.24) is 10.2 Å². The number of benzene rings is 1. The number of ketones is 1. The molecule has 1 aromatic carbocycles. The molecule has 5 nitrogen and oxygen atoms in total. The van der Waals surface area contributed by atoms with E-state index in [1.807, 2.05) is 13.8 Å². The van der Waals surface area contributed by atoms with Crippen LogP contribution in [0.3, 0.4) is 0 Å². The Morgan fingerprint density at radius 2 is 1.96 bits per heavy atom. The van der Waals surface area contributed by atoms with Crippen molar-refractivity contribution in [2.75, 3.05) is 38.5 Å². The zero-order valence-corrected chi connectivity index (χ0v) is 14.9. The maximum atomic E-state index is 12.6. The first-order chi connectivity index (χ1) is 11.1. The molecule has 1 aromatic rings. The lowest BCUT2D eigenvalue weighted by molar-refractivity contribution is 0.0938. The van der Waals surface area contributed by atoms with E-state index in [-0.39, 0.29) is 11.8 Å². The third kappa shape index (κ3) is 5.84. The van der Waals surface area contributed by atoms with Gasteiger partial charge in [0.05, 0.1) is 18.3 Å². The van der Waals surface area contributed by atoms with Crippen molar-refractivity contribution in [3.05, 3.63) is 23.8 Å². The third-order valence-electron chi connectivity index (χ3n) is 4.03. The molecule has 1 atom stereocenters. The summed E-state index contributed by atoms with van der Waals surface area (Å²) in [7, 11) is 0. The standard InChI is InChI=1S/C18H31N3O2/c1-5-16(20-11-12-21(6-2)7-3)18(22)14-9-10-17(23-8-4)15(19)13-14/h9-10,13,16,20H,5-8,11-12,19H2,1-4H3. The minimum atomic E-state index is -0.178. The first kappa shape index (κ1) is 19.5. The fourth-order valence-corrected chi connectivity index (χ4v) is 2.55. The highest BCUT2D eigenvalue weighted by Gasteiger charge is 2.18. The fraction of sp³-hybridized carbons (Fsp3) is 0.611. The van der Waals surface area contributed by atoms with Gasteiger partial charge in [0.25, 0.3) is 0 Å². The van der Waals surface area contributed by atoms with Gasteiger partial charge in [-0.2, -0.15) is 0 Å². The molecule has 5 heteroatoms. The Bertz CT molecular complexity index is 487. The van der Waals surface area contributed by atoms with E-state index in [9.17, 15) is 4.79 Å². The van der Waals surface area contributed by atoms with Crippen LogP contribution in [0.1, 0.15) is 44.5 Å². The summed E-state index contributed by atoms with van der Waals surface area (Å²) < 4.78 is 5.42. The van der Waals surface area contributed by atoms with Gasteiger partial charge in [-0.3, -0.25) is 4.79 Å². The Labute approximate surface area is 140 Å². The first-order valence-corrected chi connectivity index (χ1v) is 8.59. The van der Waals surface area contributed by atoms with Crippen LogP contribution in [0.5, 0.6) is 5.75 Å². The van der Waals surface area contributed by atoms with Crippen molar-refractivity contribution < 1.29 is 9.53 Å². The molecule has 0 spiro atoms. The number of Topliss-reactive ketones (excluding diaryl/α,β-unsaturated/α-hetero) is 1. The lowest BCUT2D eigenvalue weighted by atomic mass is 10.0. The molecule has 23 heavy (non-hydrogen) atoms. The summed E-state index contributed by atoms with van der Waals surface area (Å²) in [6, 6.07) is 5.10. The fourth-order valence-electron chi connectivity index (χ4n) is 2.55. The van der Waals surface area contributed by atoms with Crippen LogP contribution in [-0.4, -0.2) is 49.5 Å². The second kappa shape index (κ2) is 10.2. The van der Waals surface area contributed by atoms with E-state index >= 15 is 0 Å². The van der Waals surface area contributed by atoms with Gasteiger partial charge in [0.1, 0.15) is 5.75 Å². The number of rotatable bonds is 11. The maximum absolute atomic E-state index is 12.6. The summed E-state index contributed by atoms with van der Waals surface area (Å²) in [6.45, 7) is 12.6. The Balaban J connectivity index is 2.67. The average molecular weight is 321 g/mol. The van der Waals surface area contributed by atoms with Crippen molar-refractivity contribution in [2.45, 2.75) is 40.2 Å². The molecule has 0 amide bonds. The van der Waals surface area contributed by atoms with Crippen LogP contribution < -0.4 is 15.8 Å². The Kier molecular flexibility index (Phi) is 8.66. The minimum Gasteiger partial charge on any atom is -0.492 e. The number of ether oxygens (including phenoxy) is 1. The number of likely N-dealkylation sites (N-methyl/N-ethyl adjacent to an activating group) is 1. The van der Waals surface area contributed by atoms with E-state index < -0.39 is 0 Å². The van der Waals surface area contributed by atoms with Crippen LogP contribution in [0.25, 0.3) is 0 Å². The number of nitrogens with one attached hydrogen (secondary N) is 1. The smallest absolute Gasteiger partial charge is 0.179 e. The summed E-state index contributed by atoms with van der Waals surface area (Å²) >= 11 is 0. The van der Waals surface area contributed by atoms with Crippen LogP contribution >= 0.6 is 0 Å². The predicted molar refractivity (Wildman–Crippen MR) is 96.2 cm³/mol. The van der Waals surface area contributed by atoms with E-state index in [1.54, 1.807) is 18.2 Å². The molecule has 3 N–H and O–H groups in total. The van der Waals surface area contributed by atoms with Crippen LogP contribution in [0.4, 0.5) is 5.69 Å². The van der Waals surface area contributed by atoms with E-state index in [1.165, 1.54) is 0 Å². The summed E-state index contributed by atoms with van der Waals surface area (Å²) in [4.78, 5) is 15.0. The number of nitrogens with zero attached hydrogens (tertiary/aromatic N) is 1. The van der Waals surface area contributed by atoms with Crippen LogP contribution in [-0.2, 0) is 0 Å². The van der Waals surface area contributed by atoms with E-state index in [0.29, 0.717) is 23.6 Å². The monoisotopic (exact) mass is 321 g/mol. The van der Waals surface area contributed by atoms with Gasteiger partial charge in [0, 0.05) is 18.7 Å². The van der Waals surface area contributed by atoms with Crippen LogP contribution in [0.2, 0.25) is 0 Å². The highest BCUT2D eigenvalue weighted by molar-refractivity contribution is 6.01. The largest absolute Gasteiger partial charge is 0.492 e. The van der Waals surface area contributed by atoms with Crippen molar-refractivity contribution in [3.8, 4) is 5.75 Å². The number of nitrogen functional groups attached to an aromatic ring is 1. The molecule has 0 aliphatic heterocycles. The Morgan fingerprint density at radius 3 is 2.48 bits per heavy atom. The molecule has 0 aliphatic rings. The number of carbonyl (C=O) groups excluding carboxylic acids is 1. The molecule has 0 aliphatic carbocycles. The number of nitrogens with two attached hydrogens (primary N) is 1. The summed E-state index contributed by atoms with van der Waals surface area (Å²) in [6.07, 6.45) is 0.754. The number of hydrogen-bond acceptors (Lipinski definition) is 5. The van der Waals surface area contributed by atoms with Crippen molar-refractivity contribution >= 4 is 11.5 Å². The van der Waals surface area contributed by atoms with Crippen molar-refractivity contribution in [1.29, 1.82) is 0 Å². The highest BCUT2D eigenvalue weighted by Crippen LogP contribution is 2.23. The number of anilines is 1. The summed E-state index contributed by atoms with van der Waals surface area (Å²) in [5, 5.41) is 3.36. The van der Waals surface area contributed by atoms with Crippen molar-refractivity contribution in [2.24, 2.45) is 0 Å². The van der Waals surface area contributed by atoms with E-state index in [0.717, 1.165) is 32.6 Å². The number of hydrogen-bond donors (Lipinski definition) is 2. The highest BCUT2D eigenvalue weighted by atomic mass is 16.5. The SMILES string of the molecule is CCOc1ccc(C(=O)C(CC)NCCN(CC)CC)cc1N. The molecule has 0 saturated carbocycles. The molecule has 130 valence electrons. The molecule has 1 rings (SSSR count). The lowest BCUT2D eigenvalue weighted by Crippen LogP contribution is -2.41. The molecule has 0 radical (unpaired) electrons. The molecule has 0 fully saturated rings. The molecular weight excluding hydrogens is 290 g/mol. The quantitative estimate of drug-likeness (QED) is 0.484. The van der Waals surface area contributed by atoms with E-state index in [4.69, 9.17) is 10.5 Å². The van der Waals surface area contributed by atoms with E-state index in [2.05, 4.69) is 24.1 Å². The van der Waals surface area contributed by atoms with Gasteiger partial charge in [-0.15, -0.1) is 0 Å². The third-order valence-corrected chi connectivity index (χ3v) is 4.03. The summed E-state index contributed by atoms with van der Waals surface area (Å²) in [5.74, 6) is 0.716. The first-order valence-electron chi connectivity index (χ1n) is 8.59. The Morgan fingerprint density at radius 1 is 1.26 bits per heavy atom. The second-order valence-corrected chi connectivity index (χ2v) is 5.49. The molecule has 0 saturated heterocycles. The van der Waals surface area contributed by atoms with Gasteiger partial charge in [0.2, 0.25) is 0 Å². The molecule has 0 heterocycles. The lowest BCUT2D eigenvalue weighted by Gasteiger charge is -2.21. The van der Waals surface area contributed by atoms with Crippen molar-refractivity contribution in [3.63, 3.8) is 0 Å². The maximum Gasteiger partial charge on any atom is 0.179 e. The van der Waals surface area contributed by atoms with Gasteiger partial charge in [-0.05, 0) is 44.6 Å². The normalized spacial score (nSPS) is 12.4. The predicted octanol–water partition coefficient (Wildman–Crippen LogP) is 2.56. The van der Waals surface area contributed by atoms with Crippen LogP contribution in [0, 0.1) is 0 Å². The minimum absolute atomic E-state index is 0.0850. The average Bonchev–Trinajstić information content (AvgIpc) is 2.56. The van der Waals surface area contributed by atoms with Crippen LogP contribution in [0.15, 0.2) is 18.2 Å². The Hall–Kier alpha value is -1.59. The van der Waals surface area contributed by atoms with Gasteiger partial charge in [-0.1, -0.05) is 20.8 Å². The molecule has 0 bridgehead atoms. The zero-order valence-electron chi connectivity index (χ0n) is 14.9. The molecule has 0 aromatic heterocycles. The van der Waals surface area contributed by atoms with Gasteiger partial charge >= 0.3 is 0 Å². The summed E-state index contributed by atoms with van der Waals surface area (Å²) in [5.41, 5.74) is 7.10. The topological polar surface area (TPSA) is 67.6 Å². The molecule has 1 unspecified atom stereocenters. The zero-order chi connectivity index (χ0) is 17.2. The molecular formula is C18H31N3O2. The number of carbonyl (C=O) groups is 1. The second-order valence-electron chi connectivity index (χ2n) is 5.49. The van der Waals surface area contributed by atoms with Gasteiger partial charge < -0.3 is 20.7 Å².